The molecular weight excluding hydrogens is 455 g/mol. The monoisotopic (exact) mass is 492 g/mol. The fourth-order valence-corrected chi connectivity index (χ4v) is 3.60. The lowest BCUT2D eigenvalue weighted by molar-refractivity contribution is 0.00752. The second kappa shape index (κ2) is 11.9. The number of guanidine groups is 1. The molecule has 0 aliphatic carbocycles. The van der Waals surface area contributed by atoms with Gasteiger partial charge in [-0.3, -0.25) is 14.6 Å². The average Bonchev–Trinajstić information content (AvgIpc) is 2.86. The van der Waals surface area contributed by atoms with Gasteiger partial charge in [0.1, 0.15) is 0 Å². The van der Waals surface area contributed by atoms with Crippen LogP contribution in [-0.4, -0.2) is 73.1 Å². The number of rotatable bonds is 7. The number of hydrogen-bond acceptors (Lipinski definition) is 4. The first-order valence-electron chi connectivity index (χ1n) is 9.69. The molecule has 0 amide bonds. The number of morpholine rings is 1. The first-order chi connectivity index (χ1) is 12.4. The predicted molar refractivity (Wildman–Crippen MR) is 122 cm³/mol. The Morgan fingerprint density at radius 2 is 1.89 bits per heavy atom. The van der Waals surface area contributed by atoms with Gasteiger partial charge < -0.3 is 15.4 Å². The van der Waals surface area contributed by atoms with E-state index in [-0.39, 0.29) is 24.0 Å². The number of hydrogen-bond donors (Lipinski definition) is 2. The topological polar surface area (TPSA) is 66.7 Å². The van der Waals surface area contributed by atoms with Crippen LogP contribution in [0.2, 0.25) is 0 Å². The summed E-state index contributed by atoms with van der Waals surface area (Å²) in [6.45, 7) is 14.2. The van der Waals surface area contributed by atoms with Crippen LogP contribution in [0.25, 0.3) is 0 Å². The third-order valence-electron chi connectivity index (χ3n) is 5.31. The number of halogens is 1. The normalized spacial score (nSPS) is 16.9. The molecule has 0 saturated carbocycles. The van der Waals surface area contributed by atoms with E-state index in [4.69, 9.17) is 4.74 Å². The van der Waals surface area contributed by atoms with Crippen LogP contribution in [0.4, 0.5) is 0 Å². The van der Waals surface area contributed by atoms with Gasteiger partial charge >= 0.3 is 0 Å². The molecule has 2 heterocycles. The van der Waals surface area contributed by atoms with E-state index in [2.05, 4.69) is 53.3 Å². The van der Waals surface area contributed by atoms with E-state index in [1.54, 1.807) is 0 Å². The molecule has 156 valence electrons. The summed E-state index contributed by atoms with van der Waals surface area (Å²) in [5.41, 5.74) is 3.67. The molecular formula is C19H37IN6O. The number of aliphatic imine (C=N–C) groups is 1. The highest BCUT2D eigenvalue weighted by atomic mass is 127. The van der Waals surface area contributed by atoms with Crippen LogP contribution >= 0.6 is 24.0 Å². The maximum absolute atomic E-state index is 5.49. The quantitative estimate of drug-likeness (QED) is 0.345. The van der Waals surface area contributed by atoms with Gasteiger partial charge in [0.2, 0.25) is 0 Å². The van der Waals surface area contributed by atoms with E-state index in [9.17, 15) is 0 Å². The van der Waals surface area contributed by atoms with Gasteiger partial charge in [-0.05, 0) is 31.7 Å². The third kappa shape index (κ3) is 6.90. The summed E-state index contributed by atoms with van der Waals surface area (Å²) in [7, 11) is 3.83. The van der Waals surface area contributed by atoms with Crippen molar-refractivity contribution in [3.8, 4) is 0 Å². The van der Waals surface area contributed by atoms with Crippen molar-refractivity contribution in [2.24, 2.45) is 18.0 Å². The molecule has 1 aliphatic heterocycles. The van der Waals surface area contributed by atoms with Gasteiger partial charge in [-0.15, -0.1) is 24.0 Å². The van der Waals surface area contributed by atoms with Gasteiger partial charge in [-0.1, -0.05) is 13.8 Å². The predicted octanol–water partition coefficient (Wildman–Crippen LogP) is 1.72. The summed E-state index contributed by atoms with van der Waals surface area (Å²) < 4.78 is 7.44. The number of nitrogens with one attached hydrogen (secondary N) is 2. The fraction of sp³-hybridized carbons (Fsp3) is 0.789. The Morgan fingerprint density at radius 3 is 2.41 bits per heavy atom. The molecule has 0 spiro atoms. The zero-order chi connectivity index (χ0) is 19.1. The van der Waals surface area contributed by atoms with Gasteiger partial charge in [0.25, 0.3) is 0 Å². The second-order valence-corrected chi connectivity index (χ2v) is 7.36. The minimum atomic E-state index is 0. The molecule has 7 nitrogen and oxygen atoms in total. The summed E-state index contributed by atoms with van der Waals surface area (Å²) in [6, 6.07) is 0.486. The lowest BCUT2D eigenvalue weighted by Crippen LogP contribution is -2.52. The van der Waals surface area contributed by atoms with Crippen molar-refractivity contribution >= 4 is 29.9 Å². The minimum absolute atomic E-state index is 0. The van der Waals surface area contributed by atoms with Gasteiger partial charge in [-0.2, -0.15) is 5.10 Å². The van der Waals surface area contributed by atoms with E-state index in [0.717, 1.165) is 57.5 Å². The molecule has 2 rings (SSSR count). The molecule has 1 unspecified atom stereocenters. The highest BCUT2D eigenvalue weighted by Gasteiger charge is 2.23. The number of aryl methyl sites for hydroxylation is 2. The molecule has 1 aromatic rings. The first kappa shape index (κ1) is 24.2. The van der Waals surface area contributed by atoms with Crippen LogP contribution in [0.5, 0.6) is 0 Å². The summed E-state index contributed by atoms with van der Waals surface area (Å²) in [6.07, 6.45) is 0.948. The Balaban J connectivity index is 0.00000364. The Hall–Kier alpha value is -0.870. The highest BCUT2D eigenvalue weighted by molar-refractivity contribution is 14.0. The first-order valence-corrected chi connectivity index (χ1v) is 9.69. The van der Waals surface area contributed by atoms with Crippen LogP contribution in [0, 0.1) is 19.8 Å². The van der Waals surface area contributed by atoms with Crippen molar-refractivity contribution in [1.29, 1.82) is 0 Å². The Labute approximate surface area is 181 Å². The van der Waals surface area contributed by atoms with E-state index in [0.29, 0.717) is 12.0 Å². The maximum atomic E-state index is 5.49. The molecule has 1 saturated heterocycles. The molecule has 27 heavy (non-hydrogen) atoms. The van der Waals surface area contributed by atoms with E-state index in [1.807, 2.05) is 18.8 Å². The van der Waals surface area contributed by atoms with Crippen molar-refractivity contribution in [2.75, 3.05) is 46.4 Å². The van der Waals surface area contributed by atoms with Gasteiger partial charge in [-0.25, -0.2) is 0 Å². The number of ether oxygens (including phenoxy) is 1. The summed E-state index contributed by atoms with van der Waals surface area (Å²) >= 11 is 0. The van der Waals surface area contributed by atoms with Crippen molar-refractivity contribution in [3.63, 3.8) is 0 Å². The number of aromatic nitrogens is 2. The maximum Gasteiger partial charge on any atom is 0.191 e. The number of nitrogens with zero attached hydrogens (tertiary/aromatic N) is 4. The van der Waals surface area contributed by atoms with Crippen LogP contribution in [0.3, 0.4) is 0 Å². The molecule has 1 aliphatic rings. The Kier molecular flexibility index (Phi) is 10.6. The molecule has 1 fully saturated rings. The second-order valence-electron chi connectivity index (χ2n) is 7.36. The highest BCUT2D eigenvalue weighted by Crippen LogP contribution is 2.13. The van der Waals surface area contributed by atoms with E-state index in [1.165, 1.54) is 11.3 Å². The van der Waals surface area contributed by atoms with Crippen LogP contribution in [0.1, 0.15) is 30.8 Å². The van der Waals surface area contributed by atoms with Gasteiger partial charge in [0, 0.05) is 52.0 Å². The van der Waals surface area contributed by atoms with Crippen LogP contribution < -0.4 is 10.6 Å². The summed E-state index contributed by atoms with van der Waals surface area (Å²) in [5.74, 6) is 1.45. The third-order valence-corrected chi connectivity index (χ3v) is 5.31. The van der Waals surface area contributed by atoms with Crippen molar-refractivity contribution < 1.29 is 4.74 Å². The largest absolute Gasteiger partial charge is 0.379 e. The lowest BCUT2D eigenvalue weighted by atomic mass is 10.0. The molecule has 0 aromatic carbocycles. The molecule has 2 N–H and O–H groups in total. The van der Waals surface area contributed by atoms with Crippen molar-refractivity contribution in [3.05, 3.63) is 17.0 Å². The van der Waals surface area contributed by atoms with Crippen molar-refractivity contribution in [2.45, 2.75) is 40.2 Å². The van der Waals surface area contributed by atoms with Crippen LogP contribution in [0.15, 0.2) is 4.99 Å². The molecule has 0 bridgehead atoms. The average molecular weight is 492 g/mol. The smallest absolute Gasteiger partial charge is 0.191 e. The molecule has 8 heteroatoms. The van der Waals surface area contributed by atoms with Crippen LogP contribution in [-0.2, 0) is 18.2 Å². The molecule has 1 aromatic heterocycles. The Bertz CT molecular complexity index is 595. The summed E-state index contributed by atoms with van der Waals surface area (Å²) in [4.78, 5) is 6.90. The van der Waals surface area contributed by atoms with E-state index < -0.39 is 0 Å². The van der Waals surface area contributed by atoms with E-state index >= 15 is 0 Å². The lowest BCUT2D eigenvalue weighted by Gasteiger charge is -2.37. The fourth-order valence-electron chi connectivity index (χ4n) is 3.60. The molecule has 0 radical (unpaired) electrons. The zero-order valence-corrected chi connectivity index (χ0v) is 20.0. The standard InChI is InChI=1S/C19H36N6O.HI/c1-14(2)18(25-9-11-26-12-10-25)13-22-19(20-5)21-8-7-17-15(3)23-24(6)16(17)4;/h14,18H,7-13H2,1-6H3,(H2,20,21,22);1H. The van der Waals surface area contributed by atoms with Gasteiger partial charge in [0.05, 0.1) is 18.9 Å². The Morgan fingerprint density at radius 1 is 1.22 bits per heavy atom. The minimum Gasteiger partial charge on any atom is -0.379 e. The summed E-state index contributed by atoms with van der Waals surface area (Å²) in [5, 5.41) is 11.4. The van der Waals surface area contributed by atoms with Gasteiger partial charge in [0.15, 0.2) is 5.96 Å². The zero-order valence-electron chi connectivity index (χ0n) is 17.7. The van der Waals surface area contributed by atoms with Crippen molar-refractivity contribution in [1.82, 2.24) is 25.3 Å². The SMILES string of the molecule is CN=C(NCCc1c(C)nn(C)c1C)NCC(C(C)C)N1CCOCC1.I. The molecule has 1 atom stereocenters.